The van der Waals surface area contributed by atoms with Crippen molar-refractivity contribution >= 4 is 11.4 Å². The molecule has 7 heteroatoms. The molecule has 0 fully saturated rings. The van der Waals surface area contributed by atoms with E-state index in [2.05, 4.69) is 5.18 Å². The molecule has 17 heavy (non-hydrogen) atoms. The largest absolute Gasteiger partial charge is 0.394 e. The van der Waals surface area contributed by atoms with Crippen molar-refractivity contribution in [3.05, 3.63) is 29.2 Å². The molecule has 1 rings (SSSR count). The van der Waals surface area contributed by atoms with Gasteiger partial charge in [0.15, 0.2) is 0 Å². The van der Waals surface area contributed by atoms with Crippen LogP contribution < -0.4 is 5.23 Å². The van der Waals surface area contributed by atoms with Crippen LogP contribution in [0.25, 0.3) is 0 Å². The van der Waals surface area contributed by atoms with Gasteiger partial charge < -0.3 is 10.2 Å². The second-order valence-corrected chi connectivity index (χ2v) is 2.98. The van der Waals surface area contributed by atoms with Crippen LogP contribution in [-0.2, 0) is 9.68 Å². The monoisotopic (exact) mass is 242 g/mol. The van der Waals surface area contributed by atoms with Crippen molar-refractivity contribution < 1.29 is 19.9 Å². The predicted molar refractivity (Wildman–Crippen MR) is 60.5 cm³/mol. The maximum Gasteiger partial charge on any atom is 0.108 e. The molecule has 1 aromatic rings. The molecule has 0 aromatic heterocycles. The van der Waals surface area contributed by atoms with E-state index < -0.39 is 0 Å². The Labute approximate surface area is 98.1 Å². The first-order valence-corrected chi connectivity index (χ1v) is 5.03. The summed E-state index contributed by atoms with van der Waals surface area (Å²) in [7, 11) is 0. The van der Waals surface area contributed by atoms with Gasteiger partial charge in [-0.05, 0) is 29.4 Å². The van der Waals surface area contributed by atoms with Gasteiger partial charge in [-0.15, -0.1) is 10.1 Å². The third-order valence-electron chi connectivity index (χ3n) is 1.77. The first-order valence-electron chi connectivity index (χ1n) is 5.03. The fourth-order valence-electron chi connectivity index (χ4n) is 1.07. The van der Waals surface area contributed by atoms with E-state index in [-0.39, 0.29) is 32.1 Å². The molecule has 94 valence electrons. The maximum absolute atomic E-state index is 10.2. The Morgan fingerprint density at radius 2 is 1.59 bits per heavy atom. The number of benzene rings is 1. The summed E-state index contributed by atoms with van der Waals surface area (Å²) in [6.07, 6.45) is 0. The van der Waals surface area contributed by atoms with Gasteiger partial charge in [-0.2, -0.15) is 0 Å². The Kier molecular flexibility index (Phi) is 6.12. The van der Waals surface area contributed by atoms with Crippen molar-refractivity contribution in [3.8, 4) is 0 Å². The van der Waals surface area contributed by atoms with E-state index in [1.54, 1.807) is 12.1 Å². The lowest BCUT2D eigenvalue weighted by atomic mass is 10.3. The SMILES string of the molecule is O=Nc1ccc(N(OCCO)OCCO)cc1. The Morgan fingerprint density at radius 3 is 2.00 bits per heavy atom. The molecule has 0 radical (unpaired) electrons. The molecule has 0 atom stereocenters. The van der Waals surface area contributed by atoms with Crippen LogP contribution in [0, 0.1) is 4.91 Å². The van der Waals surface area contributed by atoms with Crippen LogP contribution in [-0.4, -0.2) is 36.6 Å². The average Bonchev–Trinajstić information content (AvgIpc) is 2.39. The minimum atomic E-state index is -0.160. The molecule has 0 aliphatic heterocycles. The van der Waals surface area contributed by atoms with Crippen LogP contribution in [0.3, 0.4) is 0 Å². The molecule has 0 aliphatic carbocycles. The third-order valence-corrected chi connectivity index (χ3v) is 1.77. The Hall–Kier alpha value is -1.54. The van der Waals surface area contributed by atoms with E-state index in [4.69, 9.17) is 19.9 Å². The zero-order chi connectivity index (χ0) is 12.5. The lowest BCUT2D eigenvalue weighted by Crippen LogP contribution is -2.26. The van der Waals surface area contributed by atoms with Crippen LogP contribution in [0.2, 0.25) is 0 Å². The van der Waals surface area contributed by atoms with E-state index in [1.165, 1.54) is 12.1 Å². The minimum absolute atomic E-state index is 0.0547. The third kappa shape index (κ3) is 4.45. The zero-order valence-electron chi connectivity index (χ0n) is 9.15. The number of nitroso groups, excluding NO2 is 1. The Balaban J connectivity index is 2.68. The molecular formula is C10H14N2O5. The number of anilines is 1. The number of hydrogen-bond donors (Lipinski definition) is 2. The number of rotatable bonds is 8. The summed E-state index contributed by atoms with van der Waals surface area (Å²) >= 11 is 0. The lowest BCUT2D eigenvalue weighted by Gasteiger charge is -2.21. The maximum atomic E-state index is 10.2. The summed E-state index contributed by atoms with van der Waals surface area (Å²) in [4.78, 5) is 20.4. The number of aliphatic hydroxyl groups is 2. The molecule has 2 N–H and O–H groups in total. The second kappa shape index (κ2) is 7.69. The van der Waals surface area contributed by atoms with E-state index in [0.717, 1.165) is 5.23 Å². The number of aliphatic hydroxyl groups excluding tert-OH is 2. The first-order chi connectivity index (χ1) is 8.31. The van der Waals surface area contributed by atoms with Gasteiger partial charge in [-0.3, -0.25) is 0 Å². The Morgan fingerprint density at radius 1 is 1.06 bits per heavy atom. The Bertz CT molecular complexity index is 322. The molecule has 1 aromatic carbocycles. The van der Waals surface area contributed by atoms with Crippen molar-refractivity contribution in [1.82, 2.24) is 0 Å². The topological polar surface area (TPSA) is 91.6 Å². The normalized spacial score (nSPS) is 10.2. The molecule has 7 nitrogen and oxygen atoms in total. The van der Waals surface area contributed by atoms with Gasteiger partial charge >= 0.3 is 0 Å². The minimum Gasteiger partial charge on any atom is -0.394 e. The van der Waals surface area contributed by atoms with Gasteiger partial charge in [0.25, 0.3) is 0 Å². The van der Waals surface area contributed by atoms with Gasteiger partial charge in [0, 0.05) is 0 Å². The molecular weight excluding hydrogens is 228 g/mol. The van der Waals surface area contributed by atoms with Crippen LogP contribution in [0.1, 0.15) is 0 Å². The molecule has 0 heterocycles. The highest BCUT2D eigenvalue weighted by Crippen LogP contribution is 2.20. The van der Waals surface area contributed by atoms with Crippen molar-refractivity contribution in [2.24, 2.45) is 5.18 Å². The average molecular weight is 242 g/mol. The van der Waals surface area contributed by atoms with Crippen molar-refractivity contribution in [2.75, 3.05) is 31.7 Å². The molecule has 0 spiro atoms. The van der Waals surface area contributed by atoms with Crippen molar-refractivity contribution in [2.45, 2.75) is 0 Å². The quantitative estimate of drug-likeness (QED) is 0.516. The van der Waals surface area contributed by atoms with Crippen LogP contribution >= 0.6 is 0 Å². The summed E-state index contributed by atoms with van der Waals surface area (Å²) in [5.74, 6) is 0. The molecule has 0 unspecified atom stereocenters. The van der Waals surface area contributed by atoms with E-state index >= 15 is 0 Å². The molecule has 0 aliphatic rings. The standard InChI is InChI=1S/C10H14N2O5/c13-5-7-16-12(17-8-6-14)10-3-1-9(11-15)2-4-10/h1-4,13-14H,5-8H2. The van der Waals surface area contributed by atoms with Crippen molar-refractivity contribution in [1.29, 1.82) is 0 Å². The smallest absolute Gasteiger partial charge is 0.108 e. The summed E-state index contributed by atoms with van der Waals surface area (Å²) < 4.78 is 0. The van der Waals surface area contributed by atoms with Gasteiger partial charge in [0.2, 0.25) is 0 Å². The van der Waals surface area contributed by atoms with E-state index in [9.17, 15) is 4.91 Å². The molecule has 0 bridgehead atoms. The highest BCUT2D eigenvalue weighted by atomic mass is 16.9. The van der Waals surface area contributed by atoms with Crippen LogP contribution in [0.5, 0.6) is 0 Å². The predicted octanol–water partition coefficient (Wildman–Crippen LogP) is 0.739. The van der Waals surface area contributed by atoms with E-state index in [0.29, 0.717) is 5.69 Å². The fourth-order valence-corrected chi connectivity index (χ4v) is 1.07. The van der Waals surface area contributed by atoms with Crippen LogP contribution in [0.15, 0.2) is 29.4 Å². The number of nitrogens with zero attached hydrogens (tertiary/aromatic N) is 2. The highest BCUT2D eigenvalue weighted by Gasteiger charge is 2.08. The summed E-state index contributed by atoms with van der Waals surface area (Å²) in [5.41, 5.74) is 0.817. The summed E-state index contributed by atoms with van der Waals surface area (Å²) in [6, 6.07) is 6.15. The summed E-state index contributed by atoms with van der Waals surface area (Å²) in [5, 5.41) is 21.1. The second-order valence-electron chi connectivity index (χ2n) is 2.98. The van der Waals surface area contributed by atoms with Gasteiger partial charge in [-0.1, -0.05) is 0 Å². The lowest BCUT2D eigenvalue weighted by molar-refractivity contribution is -0.103. The summed E-state index contributed by atoms with van der Waals surface area (Å²) in [6.45, 7) is -0.210. The first kappa shape index (κ1) is 13.5. The van der Waals surface area contributed by atoms with Crippen LogP contribution in [0.4, 0.5) is 11.4 Å². The van der Waals surface area contributed by atoms with Gasteiger partial charge in [0.1, 0.15) is 18.9 Å². The van der Waals surface area contributed by atoms with Gasteiger partial charge in [-0.25, -0.2) is 9.68 Å². The molecule has 0 saturated carbocycles. The molecule has 0 saturated heterocycles. The number of hydrogen-bond acceptors (Lipinski definition) is 7. The van der Waals surface area contributed by atoms with Crippen molar-refractivity contribution in [3.63, 3.8) is 0 Å². The van der Waals surface area contributed by atoms with Gasteiger partial charge in [0.05, 0.1) is 18.9 Å². The molecule has 0 amide bonds. The zero-order valence-corrected chi connectivity index (χ0v) is 9.15. The highest BCUT2D eigenvalue weighted by molar-refractivity contribution is 5.49. The van der Waals surface area contributed by atoms with E-state index in [1.807, 2.05) is 0 Å². The fraction of sp³-hybridized carbons (Fsp3) is 0.400.